The molecule has 0 spiro atoms. The first kappa shape index (κ1) is 20.0. The minimum atomic E-state index is -0.713. The van der Waals surface area contributed by atoms with Crippen molar-refractivity contribution < 1.29 is 19.1 Å². The first-order valence-electron chi connectivity index (χ1n) is 8.27. The summed E-state index contributed by atoms with van der Waals surface area (Å²) in [4.78, 5) is 24.0. The van der Waals surface area contributed by atoms with E-state index in [1.807, 2.05) is 24.3 Å². The summed E-state index contributed by atoms with van der Waals surface area (Å²) < 4.78 is 11.0. The van der Waals surface area contributed by atoms with Crippen molar-refractivity contribution in [3.63, 3.8) is 0 Å². The highest BCUT2D eigenvalue weighted by Gasteiger charge is 2.19. The van der Waals surface area contributed by atoms with Crippen molar-refractivity contribution in [2.75, 3.05) is 12.4 Å². The Bertz CT molecular complexity index is 804. The topological polar surface area (TPSA) is 64.6 Å². The van der Waals surface area contributed by atoms with Crippen molar-refractivity contribution in [1.82, 2.24) is 0 Å². The van der Waals surface area contributed by atoms with Gasteiger partial charge in [-0.15, -0.1) is 0 Å². The summed E-state index contributed by atoms with van der Waals surface area (Å²) >= 11 is 3.36. The number of ether oxygens (including phenoxy) is 2. The van der Waals surface area contributed by atoms with Gasteiger partial charge < -0.3 is 14.8 Å². The van der Waals surface area contributed by atoms with E-state index < -0.39 is 12.1 Å². The van der Waals surface area contributed by atoms with Gasteiger partial charge in [0.1, 0.15) is 5.75 Å². The molecule has 2 aromatic carbocycles. The summed E-state index contributed by atoms with van der Waals surface area (Å²) in [6, 6.07) is 12.5. The largest absolute Gasteiger partial charge is 0.480 e. The molecule has 6 heteroatoms. The average molecular weight is 420 g/mol. The van der Waals surface area contributed by atoms with Crippen molar-refractivity contribution in [2.45, 2.75) is 32.8 Å². The van der Waals surface area contributed by atoms with Crippen LogP contribution in [0.1, 0.15) is 42.6 Å². The molecule has 0 radical (unpaired) electrons. The summed E-state index contributed by atoms with van der Waals surface area (Å²) in [5.41, 5.74) is 2.24. The van der Waals surface area contributed by atoms with E-state index in [9.17, 15) is 9.59 Å². The van der Waals surface area contributed by atoms with E-state index in [0.29, 0.717) is 21.7 Å². The van der Waals surface area contributed by atoms with Crippen LogP contribution in [-0.4, -0.2) is 25.1 Å². The number of anilines is 1. The number of hydrogen-bond acceptors (Lipinski definition) is 4. The van der Waals surface area contributed by atoms with Gasteiger partial charge in [0.2, 0.25) is 0 Å². The van der Waals surface area contributed by atoms with E-state index in [4.69, 9.17) is 4.74 Å². The fourth-order valence-corrected chi connectivity index (χ4v) is 2.91. The molecule has 1 atom stereocenters. The monoisotopic (exact) mass is 419 g/mol. The first-order valence-corrected chi connectivity index (χ1v) is 9.07. The van der Waals surface area contributed by atoms with E-state index in [1.54, 1.807) is 25.1 Å². The van der Waals surface area contributed by atoms with Crippen molar-refractivity contribution >= 4 is 33.5 Å². The SMILES string of the molecule is COC(=O)c1ccc(O[C@@H](C)C(=O)Nc2ccccc2C(C)C)c(Br)c1. The van der Waals surface area contributed by atoms with Crippen LogP contribution in [0, 0.1) is 0 Å². The van der Waals surface area contributed by atoms with Gasteiger partial charge in [-0.1, -0.05) is 32.0 Å². The van der Waals surface area contributed by atoms with E-state index in [2.05, 4.69) is 39.8 Å². The average Bonchev–Trinajstić information content (AvgIpc) is 2.62. The van der Waals surface area contributed by atoms with Gasteiger partial charge in [0.15, 0.2) is 6.10 Å². The fourth-order valence-electron chi connectivity index (χ4n) is 2.43. The van der Waals surface area contributed by atoms with Crippen LogP contribution in [0.2, 0.25) is 0 Å². The van der Waals surface area contributed by atoms with Gasteiger partial charge in [-0.3, -0.25) is 4.79 Å². The molecule has 0 aromatic heterocycles. The third-order valence-corrected chi connectivity index (χ3v) is 4.49. The van der Waals surface area contributed by atoms with Crippen molar-refractivity contribution in [3.05, 3.63) is 58.1 Å². The normalized spacial score (nSPS) is 11.8. The second-order valence-corrected chi connectivity index (χ2v) is 6.98. The predicted molar refractivity (Wildman–Crippen MR) is 105 cm³/mol. The van der Waals surface area contributed by atoms with E-state index in [1.165, 1.54) is 7.11 Å². The molecule has 0 unspecified atom stereocenters. The fraction of sp³-hybridized carbons (Fsp3) is 0.300. The van der Waals surface area contributed by atoms with Crippen molar-refractivity contribution in [3.8, 4) is 5.75 Å². The molecule has 2 aromatic rings. The van der Waals surface area contributed by atoms with Crippen molar-refractivity contribution in [2.24, 2.45) is 0 Å². The Labute approximate surface area is 161 Å². The molecule has 26 heavy (non-hydrogen) atoms. The quantitative estimate of drug-likeness (QED) is 0.685. The highest BCUT2D eigenvalue weighted by atomic mass is 79.9. The lowest BCUT2D eigenvalue weighted by Gasteiger charge is -2.18. The number of nitrogens with one attached hydrogen (secondary N) is 1. The Balaban J connectivity index is 2.09. The van der Waals surface area contributed by atoms with Gasteiger partial charge in [-0.2, -0.15) is 0 Å². The zero-order chi connectivity index (χ0) is 19.3. The first-order chi connectivity index (χ1) is 12.3. The van der Waals surface area contributed by atoms with Crippen molar-refractivity contribution in [1.29, 1.82) is 0 Å². The summed E-state index contributed by atoms with van der Waals surface area (Å²) in [7, 11) is 1.32. The van der Waals surface area contributed by atoms with Gasteiger partial charge in [0.05, 0.1) is 17.1 Å². The summed E-state index contributed by atoms with van der Waals surface area (Å²) in [6.45, 7) is 5.82. The molecular formula is C20H22BrNO4. The van der Waals surface area contributed by atoms with Gasteiger partial charge >= 0.3 is 5.97 Å². The molecule has 1 amide bonds. The van der Waals surface area contributed by atoms with Gasteiger partial charge in [-0.05, 0) is 58.6 Å². The maximum atomic E-state index is 12.5. The number of esters is 1. The maximum absolute atomic E-state index is 12.5. The molecule has 0 aliphatic carbocycles. The molecule has 0 aliphatic heterocycles. The number of benzene rings is 2. The smallest absolute Gasteiger partial charge is 0.337 e. The third-order valence-electron chi connectivity index (χ3n) is 3.87. The zero-order valence-electron chi connectivity index (χ0n) is 15.2. The number of methoxy groups -OCH3 is 1. The maximum Gasteiger partial charge on any atom is 0.337 e. The number of carbonyl (C=O) groups excluding carboxylic acids is 2. The van der Waals surface area contributed by atoms with Gasteiger partial charge in [0, 0.05) is 5.69 Å². The molecule has 1 N–H and O–H groups in total. The minimum absolute atomic E-state index is 0.248. The number of amides is 1. The molecule has 0 saturated heterocycles. The number of halogens is 1. The van der Waals surface area contributed by atoms with Gasteiger partial charge in [0.25, 0.3) is 5.91 Å². The van der Waals surface area contributed by atoms with Crippen LogP contribution in [0.3, 0.4) is 0 Å². The Morgan fingerprint density at radius 3 is 2.38 bits per heavy atom. The van der Waals surface area contributed by atoms with Crippen LogP contribution < -0.4 is 10.1 Å². The Morgan fingerprint density at radius 2 is 1.77 bits per heavy atom. The molecule has 0 aliphatic rings. The summed E-state index contributed by atoms with van der Waals surface area (Å²) in [5.74, 6) is 0.0792. The van der Waals surface area contributed by atoms with Crippen LogP contribution in [0.15, 0.2) is 46.9 Å². The molecule has 138 valence electrons. The molecule has 5 nitrogen and oxygen atoms in total. The van der Waals surface area contributed by atoms with E-state index in [-0.39, 0.29) is 5.91 Å². The summed E-state index contributed by atoms with van der Waals surface area (Å²) in [6.07, 6.45) is -0.713. The predicted octanol–water partition coefficient (Wildman–Crippen LogP) is 4.77. The van der Waals surface area contributed by atoms with Crippen LogP contribution in [-0.2, 0) is 9.53 Å². The number of rotatable bonds is 6. The molecule has 0 fully saturated rings. The standard InChI is InChI=1S/C20H22BrNO4/c1-12(2)15-7-5-6-8-17(15)22-19(23)13(3)26-18-10-9-14(11-16(18)21)20(24)25-4/h5-13H,1-4H3,(H,22,23)/t13-/m0/s1. The zero-order valence-corrected chi connectivity index (χ0v) is 16.8. The lowest BCUT2D eigenvalue weighted by molar-refractivity contribution is -0.122. The highest BCUT2D eigenvalue weighted by molar-refractivity contribution is 9.10. The van der Waals surface area contributed by atoms with Crippen LogP contribution >= 0.6 is 15.9 Å². The lowest BCUT2D eigenvalue weighted by atomic mass is 10.0. The number of hydrogen-bond donors (Lipinski definition) is 1. The molecule has 0 saturated carbocycles. The van der Waals surface area contributed by atoms with E-state index in [0.717, 1.165) is 11.3 Å². The molecule has 2 rings (SSSR count). The van der Waals surface area contributed by atoms with Gasteiger partial charge in [-0.25, -0.2) is 4.79 Å². The Morgan fingerprint density at radius 1 is 1.08 bits per heavy atom. The molecular weight excluding hydrogens is 398 g/mol. The highest BCUT2D eigenvalue weighted by Crippen LogP contribution is 2.28. The Kier molecular flexibility index (Phi) is 6.80. The number of para-hydroxylation sites is 1. The molecule has 0 heterocycles. The third kappa shape index (κ3) is 4.85. The molecule has 0 bridgehead atoms. The van der Waals surface area contributed by atoms with E-state index >= 15 is 0 Å². The lowest BCUT2D eigenvalue weighted by Crippen LogP contribution is -2.30. The summed E-state index contributed by atoms with van der Waals surface area (Å²) in [5, 5.41) is 2.92. The second-order valence-electron chi connectivity index (χ2n) is 6.13. The van der Waals surface area contributed by atoms with Crippen LogP contribution in [0.5, 0.6) is 5.75 Å². The minimum Gasteiger partial charge on any atom is -0.480 e. The van der Waals surface area contributed by atoms with Crippen LogP contribution in [0.25, 0.3) is 0 Å². The second kappa shape index (κ2) is 8.85. The van der Waals surface area contributed by atoms with Crippen LogP contribution in [0.4, 0.5) is 5.69 Å². The number of carbonyl (C=O) groups is 2. The Hall–Kier alpha value is -2.34.